The molecule has 0 saturated carbocycles. The van der Waals surface area contributed by atoms with E-state index in [0.717, 1.165) is 48.7 Å². The fraction of sp³-hybridized carbons (Fsp3) is 0.0556. The van der Waals surface area contributed by atoms with Crippen LogP contribution in [-0.4, -0.2) is 41.7 Å². The van der Waals surface area contributed by atoms with E-state index >= 15 is 0 Å². The summed E-state index contributed by atoms with van der Waals surface area (Å²) in [5.74, 6) is -1.84. The molecule has 1 N–H and O–H groups in total. The van der Waals surface area contributed by atoms with Gasteiger partial charge in [-0.05, 0) is 18.2 Å². The summed E-state index contributed by atoms with van der Waals surface area (Å²) in [5, 5.41) is 23.4. The molecule has 1 heterocycles. The number of rotatable bonds is 8. The summed E-state index contributed by atoms with van der Waals surface area (Å²) < 4.78 is 29.9. The van der Waals surface area contributed by atoms with Gasteiger partial charge in [-0.15, -0.1) is 0 Å². The molecule has 0 aliphatic rings. The predicted octanol–water partition coefficient (Wildman–Crippen LogP) is 3.24. The number of nitro benzene ring substituents is 2. The van der Waals surface area contributed by atoms with Gasteiger partial charge in [-0.3, -0.25) is 30.3 Å². The van der Waals surface area contributed by atoms with Crippen LogP contribution in [0.1, 0.15) is 10.4 Å². The molecule has 1 amide bonds. The van der Waals surface area contributed by atoms with Crippen molar-refractivity contribution in [3.63, 3.8) is 0 Å². The van der Waals surface area contributed by atoms with Crippen LogP contribution in [0.5, 0.6) is 0 Å². The summed E-state index contributed by atoms with van der Waals surface area (Å²) in [6.07, 6.45) is 1.000. The van der Waals surface area contributed by atoms with Crippen LogP contribution in [-0.2, 0) is 19.4 Å². The Hall–Kier alpha value is -3.95. The van der Waals surface area contributed by atoms with Crippen LogP contribution in [0.4, 0.5) is 16.5 Å². The highest BCUT2D eigenvalue weighted by Gasteiger charge is 2.23. The maximum Gasteiger partial charge on any atom is 0.340 e. The quantitative estimate of drug-likeness (QED) is 0.259. The average molecular weight is 527 g/mol. The van der Waals surface area contributed by atoms with E-state index in [1.807, 2.05) is 0 Å². The highest BCUT2D eigenvalue weighted by molar-refractivity contribution is 7.93. The van der Waals surface area contributed by atoms with Crippen molar-refractivity contribution in [2.45, 2.75) is 9.10 Å². The van der Waals surface area contributed by atoms with Crippen molar-refractivity contribution in [2.24, 2.45) is 0 Å². The molecule has 16 heteroatoms. The maximum absolute atomic E-state index is 12.6. The van der Waals surface area contributed by atoms with Gasteiger partial charge in [0.25, 0.3) is 17.3 Å². The zero-order valence-electron chi connectivity index (χ0n) is 16.5. The molecule has 0 unspecified atom stereocenters. The van der Waals surface area contributed by atoms with Crippen molar-refractivity contribution in [3.05, 3.63) is 79.5 Å². The Kier molecular flexibility index (Phi) is 7.19. The van der Waals surface area contributed by atoms with Crippen molar-refractivity contribution in [1.29, 1.82) is 0 Å². The number of hydrogen-bond donors (Lipinski definition) is 1. The zero-order valence-corrected chi connectivity index (χ0v) is 18.9. The molecule has 0 spiro atoms. The van der Waals surface area contributed by atoms with Crippen LogP contribution in [0, 0.1) is 20.2 Å². The molecule has 1 aromatic heterocycles. The lowest BCUT2D eigenvalue weighted by Gasteiger charge is -2.06. The summed E-state index contributed by atoms with van der Waals surface area (Å²) >= 11 is 6.45. The van der Waals surface area contributed by atoms with Gasteiger partial charge in [0.2, 0.25) is 9.84 Å². The van der Waals surface area contributed by atoms with E-state index < -0.39 is 38.2 Å². The van der Waals surface area contributed by atoms with Gasteiger partial charge in [0.05, 0.1) is 31.5 Å². The number of hydrogen-bond acceptors (Lipinski definition) is 11. The standard InChI is InChI=1S/C18H11ClN4O9S2/c19-14-7-11(23(28)29)3-6-13(14)17(25)32-9-15(24)21-18-20-8-16(33-18)34(30,31)12-4-1-10(2-5-12)22(26)27/h1-8H,9H2,(H,20,21,24). The number of benzene rings is 2. The molecule has 3 aromatic rings. The Labute approximate surface area is 199 Å². The number of nitrogens with one attached hydrogen (secondary N) is 1. The van der Waals surface area contributed by atoms with Crippen LogP contribution < -0.4 is 5.32 Å². The van der Waals surface area contributed by atoms with E-state index in [4.69, 9.17) is 16.3 Å². The minimum Gasteiger partial charge on any atom is -0.452 e. The molecule has 3 rings (SSSR count). The first-order valence-corrected chi connectivity index (χ1v) is 11.5. The minimum absolute atomic E-state index is 0.102. The lowest BCUT2D eigenvalue weighted by Crippen LogP contribution is -2.21. The van der Waals surface area contributed by atoms with Gasteiger partial charge in [0.1, 0.15) is 4.21 Å². The molecule has 0 atom stereocenters. The summed E-state index contributed by atoms with van der Waals surface area (Å²) in [7, 11) is -4.04. The number of ether oxygens (including phenoxy) is 1. The van der Waals surface area contributed by atoms with Crippen LogP contribution in [0.25, 0.3) is 0 Å². The lowest BCUT2D eigenvalue weighted by atomic mass is 10.2. The van der Waals surface area contributed by atoms with Gasteiger partial charge < -0.3 is 4.74 Å². The summed E-state index contributed by atoms with van der Waals surface area (Å²) in [6.45, 7) is -0.768. The van der Waals surface area contributed by atoms with Gasteiger partial charge in [-0.25, -0.2) is 18.2 Å². The number of nitrogens with zero attached hydrogens (tertiary/aromatic N) is 3. The number of nitro groups is 2. The summed E-state index contributed by atoms with van der Waals surface area (Å²) in [5.41, 5.74) is -0.797. The molecule has 0 radical (unpaired) electrons. The van der Waals surface area contributed by atoms with E-state index in [0.29, 0.717) is 11.3 Å². The number of amides is 1. The second-order valence-electron chi connectivity index (χ2n) is 6.28. The fourth-order valence-electron chi connectivity index (χ4n) is 2.45. The van der Waals surface area contributed by atoms with Gasteiger partial charge >= 0.3 is 5.97 Å². The van der Waals surface area contributed by atoms with E-state index in [1.165, 1.54) is 0 Å². The summed E-state index contributed by atoms with van der Waals surface area (Å²) in [4.78, 5) is 47.8. The van der Waals surface area contributed by atoms with Crippen molar-refractivity contribution >= 4 is 61.2 Å². The maximum atomic E-state index is 12.6. The van der Waals surface area contributed by atoms with Crippen molar-refractivity contribution < 1.29 is 32.6 Å². The number of non-ortho nitro benzene ring substituents is 2. The Bertz CT molecular complexity index is 1410. The number of sulfone groups is 1. The molecule has 34 heavy (non-hydrogen) atoms. The van der Waals surface area contributed by atoms with Gasteiger partial charge in [0, 0.05) is 24.3 Å². The molecule has 2 aromatic carbocycles. The third kappa shape index (κ3) is 5.51. The van der Waals surface area contributed by atoms with E-state index in [1.54, 1.807) is 0 Å². The fourth-order valence-corrected chi connectivity index (χ4v) is 5.15. The Morgan fingerprint density at radius 2 is 1.68 bits per heavy atom. The minimum atomic E-state index is -4.04. The second kappa shape index (κ2) is 9.90. The number of esters is 1. The normalized spacial score (nSPS) is 11.0. The van der Waals surface area contributed by atoms with E-state index in [9.17, 15) is 38.2 Å². The lowest BCUT2D eigenvalue weighted by molar-refractivity contribution is -0.385. The molecule has 0 bridgehead atoms. The van der Waals surface area contributed by atoms with E-state index in [-0.39, 0.29) is 36.2 Å². The molecule has 0 saturated heterocycles. The third-order valence-electron chi connectivity index (χ3n) is 4.07. The number of aromatic nitrogens is 1. The predicted molar refractivity (Wildman–Crippen MR) is 118 cm³/mol. The number of anilines is 1. The molecular formula is C18H11ClN4O9S2. The zero-order chi connectivity index (χ0) is 25.0. The Morgan fingerprint density at radius 1 is 1.06 bits per heavy atom. The molecule has 0 fully saturated rings. The Morgan fingerprint density at radius 3 is 2.26 bits per heavy atom. The van der Waals surface area contributed by atoms with Crippen LogP contribution in [0.3, 0.4) is 0 Å². The van der Waals surface area contributed by atoms with Crippen LogP contribution in [0.15, 0.2) is 57.8 Å². The molecule has 0 aliphatic carbocycles. The first kappa shape index (κ1) is 24.7. The van der Waals surface area contributed by atoms with Crippen molar-refractivity contribution in [2.75, 3.05) is 11.9 Å². The number of halogens is 1. The van der Waals surface area contributed by atoms with Gasteiger partial charge in [-0.1, -0.05) is 22.9 Å². The molecular weight excluding hydrogens is 516 g/mol. The number of carbonyl (C=O) groups excluding carboxylic acids is 2. The topological polar surface area (TPSA) is 189 Å². The Balaban J connectivity index is 1.62. The summed E-state index contributed by atoms with van der Waals surface area (Å²) in [6, 6.07) is 7.33. The van der Waals surface area contributed by atoms with Crippen molar-refractivity contribution in [3.8, 4) is 0 Å². The SMILES string of the molecule is O=C(COC(=O)c1ccc([N+](=O)[O-])cc1Cl)Nc1ncc(S(=O)(=O)c2ccc([N+](=O)[O-])cc2)s1. The van der Waals surface area contributed by atoms with Gasteiger partial charge in [-0.2, -0.15) is 0 Å². The smallest absolute Gasteiger partial charge is 0.340 e. The second-order valence-corrected chi connectivity index (χ2v) is 9.90. The third-order valence-corrected chi connectivity index (χ3v) is 7.53. The van der Waals surface area contributed by atoms with Gasteiger partial charge in [0.15, 0.2) is 11.7 Å². The first-order valence-electron chi connectivity index (χ1n) is 8.85. The highest BCUT2D eigenvalue weighted by Crippen LogP contribution is 2.29. The molecule has 13 nitrogen and oxygen atoms in total. The number of carbonyl (C=O) groups is 2. The average Bonchev–Trinajstić information content (AvgIpc) is 3.26. The monoisotopic (exact) mass is 526 g/mol. The van der Waals surface area contributed by atoms with E-state index in [2.05, 4.69) is 10.3 Å². The largest absolute Gasteiger partial charge is 0.452 e. The first-order chi connectivity index (χ1) is 16.0. The highest BCUT2D eigenvalue weighted by atomic mass is 35.5. The number of thiazole rings is 1. The molecule has 0 aliphatic heterocycles. The molecule has 176 valence electrons. The van der Waals surface area contributed by atoms with Crippen molar-refractivity contribution in [1.82, 2.24) is 4.98 Å². The van der Waals surface area contributed by atoms with Crippen LogP contribution >= 0.6 is 22.9 Å². The van der Waals surface area contributed by atoms with Crippen LogP contribution in [0.2, 0.25) is 5.02 Å².